The molecule has 0 spiro atoms. The molecular formula is C19H27N5O. The SMILES string of the molecule is CN1CCC(N(C)C(=O)NCc2ccccc2Cn2cccn2)CC1. The van der Waals surface area contributed by atoms with Crippen molar-refractivity contribution in [1.29, 1.82) is 0 Å². The molecule has 2 heterocycles. The lowest BCUT2D eigenvalue weighted by Gasteiger charge is -2.35. The summed E-state index contributed by atoms with van der Waals surface area (Å²) in [6, 6.07) is 10.4. The van der Waals surface area contributed by atoms with Gasteiger partial charge in [0.05, 0.1) is 6.54 Å². The third-order valence-electron chi connectivity index (χ3n) is 5.00. The maximum atomic E-state index is 12.5. The molecule has 2 amide bonds. The van der Waals surface area contributed by atoms with Crippen LogP contribution in [0, 0.1) is 0 Å². The van der Waals surface area contributed by atoms with Crippen LogP contribution < -0.4 is 5.32 Å². The van der Waals surface area contributed by atoms with E-state index < -0.39 is 0 Å². The zero-order valence-corrected chi connectivity index (χ0v) is 15.1. The lowest BCUT2D eigenvalue weighted by molar-refractivity contribution is 0.147. The molecule has 0 radical (unpaired) electrons. The van der Waals surface area contributed by atoms with Gasteiger partial charge < -0.3 is 15.1 Å². The average Bonchev–Trinajstić information content (AvgIpc) is 3.14. The molecule has 3 rings (SSSR count). The van der Waals surface area contributed by atoms with Crippen LogP contribution in [0.2, 0.25) is 0 Å². The van der Waals surface area contributed by atoms with Crippen LogP contribution in [0.25, 0.3) is 0 Å². The van der Waals surface area contributed by atoms with E-state index in [1.807, 2.05) is 41.0 Å². The first-order valence-electron chi connectivity index (χ1n) is 8.87. The van der Waals surface area contributed by atoms with E-state index in [9.17, 15) is 4.79 Å². The Morgan fingerprint density at radius 3 is 2.64 bits per heavy atom. The molecule has 0 saturated carbocycles. The Kier molecular flexibility index (Phi) is 5.71. The maximum Gasteiger partial charge on any atom is 0.317 e. The monoisotopic (exact) mass is 341 g/mol. The van der Waals surface area contributed by atoms with Gasteiger partial charge in [0, 0.05) is 32.0 Å². The van der Waals surface area contributed by atoms with Gasteiger partial charge in [-0.15, -0.1) is 0 Å². The molecule has 1 aromatic carbocycles. The van der Waals surface area contributed by atoms with E-state index in [0.717, 1.165) is 31.5 Å². The number of aromatic nitrogens is 2. The fourth-order valence-electron chi connectivity index (χ4n) is 3.30. The molecule has 0 unspecified atom stereocenters. The highest BCUT2D eigenvalue weighted by atomic mass is 16.2. The van der Waals surface area contributed by atoms with E-state index in [0.29, 0.717) is 19.1 Å². The summed E-state index contributed by atoms with van der Waals surface area (Å²) >= 11 is 0. The van der Waals surface area contributed by atoms with Gasteiger partial charge >= 0.3 is 6.03 Å². The van der Waals surface area contributed by atoms with Crippen molar-refractivity contribution in [1.82, 2.24) is 24.9 Å². The highest BCUT2D eigenvalue weighted by Crippen LogP contribution is 2.15. The zero-order chi connectivity index (χ0) is 17.6. The summed E-state index contributed by atoms with van der Waals surface area (Å²) < 4.78 is 1.89. The number of urea groups is 1. The second-order valence-corrected chi connectivity index (χ2v) is 6.78. The van der Waals surface area contributed by atoms with Crippen molar-refractivity contribution >= 4 is 6.03 Å². The summed E-state index contributed by atoms with van der Waals surface area (Å²) in [5.41, 5.74) is 2.30. The van der Waals surface area contributed by atoms with Gasteiger partial charge in [0.25, 0.3) is 0 Å². The van der Waals surface area contributed by atoms with Gasteiger partial charge in [-0.1, -0.05) is 24.3 Å². The van der Waals surface area contributed by atoms with E-state index in [4.69, 9.17) is 0 Å². The Balaban J connectivity index is 1.57. The van der Waals surface area contributed by atoms with Crippen molar-refractivity contribution in [2.75, 3.05) is 27.2 Å². The maximum absolute atomic E-state index is 12.5. The molecule has 1 aliphatic heterocycles. The van der Waals surface area contributed by atoms with Crippen molar-refractivity contribution in [3.8, 4) is 0 Å². The Bertz CT molecular complexity index is 677. The van der Waals surface area contributed by atoms with Crippen LogP contribution in [0.4, 0.5) is 4.79 Å². The first-order chi connectivity index (χ1) is 12.1. The molecule has 0 aliphatic carbocycles. The minimum absolute atomic E-state index is 0.00319. The van der Waals surface area contributed by atoms with Crippen LogP contribution in [0.1, 0.15) is 24.0 Å². The van der Waals surface area contributed by atoms with Gasteiger partial charge in [-0.3, -0.25) is 4.68 Å². The fraction of sp³-hybridized carbons (Fsp3) is 0.474. The smallest absolute Gasteiger partial charge is 0.317 e. The van der Waals surface area contributed by atoms with Crippen LogP contribution in [0.15, 0.2) is 42.7 Å². The van der Waals surface area contributed by atoms with Crippen molar-refractivity contribution in [2.45, 2.75) is 32.0 Å². The van der Waals surface area contributed by atoms with E-state index in [2.05, 4.69) is 34.5 Å². The highest BCUT2D eigenvalue weighted by molar-refractivity contribution is 5.74. The van der Waals surface area contributed by atoms with E-state index in [1.165, 1.54) is 5.56 Å². The lowest BCUT2D eigenvalue weighted by Crippen LogP contribution is -2.48. The number of piperidine rings is 1. The molecule has 1 saturated heterocycles. The number of hydrogen-bond acceptors (Lipinski definition) is 3. The summed E-state index contributed by atoms with van der Waals surface area (Å²) in [6.07, 6.45) is 5.80. The van der Waals surface area contributed by atoms with Gasteiger partial charge in [-0.25, -0.2) is 4.79 Å². The second kappa shape index (κ2) is 8.16. The van der Waals surface area contributed by atoms with Gasteiger partial charge in [0.1, 0.15) is 0 Å². The van der Waals surface area contributed by atoms with Gasteiger partial charge in [-0.05, 0) is 50.2 Å². The summed E-state index contributed by atoms with van der Waals surface area (Å²) in [7, 11) is 4.04. The quantitative estimate of drug-likeness (QED) is 0.907. The molecular weight excluding hydrogens is 314 g/mol. The van der Waals surface area contributed by atoms with Crippen molar-refractivity contribution in [2.24, 2.45) is 0 Å². The number of nitrogens with one attached hydrogen (secondary N) is 1. The molecule has 6 nitrogen and oxygen atoms in total. The topological polar surface area (TPSA) is 53.4 Å². The van der Waals surface area contributed by atoms with Crippen LogP contribution in [0.5, 0.6) is 0 Å². The van der Waals surface area contributed by atoms with Crippen LogP contribution >= 0.6 is 0 Å². The molecule has 0 bridgehead atoms. The van der Waals surface area contributed by atoms with E-state index in [-0.39, 0.29) is 6.03 Å². The van der Waals surface area contributed by atoms with Crippen LogP contribution in [-0.2, 0) is 13.1 Å². The highest BCUT2D eigenvalue weighted by Gasteiger charge is 2.23. The van der Waals surface area contributed by atoms with Crippen molar-refractivity contribution in [3.63, 3.8) is 0 Å². The predicted molar refractivity (Wildman–Crippen MR) is 98.3 cm³/mol. The Morgan fingerprint density at radius 1 is 1.24 bits per heavy atom. The first-order valence-corrected chi connectivity index (χ1v) is 8.87. The molecule has 0 atom stereocenters. The van der Waals surface area contributed by atoms with Gasteiger partial charge in [0.2, 0.25) is 0 Å². The van der Waals surface area contributed by atoms with Crippen LogP contribution in [-0.4, -0.2) is 58.8 Å². The molecule has 25 heavy (non-hydrogen) atoms. The second-order valence-electron chi connectivity index (χ2n) is 6.78. The minimum atomic E-state index is 0.00319. The number of likely N-dealkylation sites (tertiary alicyclic amines) is 1. The molecule has 6 heteroatoms. The van der Waals surface area contributed by atoms with Crippen molar-refractivity contribution in [3.05, 3.63) is 53.9 Å². The molecule has 1 aromatic heterocycles. The van der Waals surface area contributed by atoms with Crippen molar-refractivity contribution < 1.29 is 4.79 Å². The minimum Gasteiger partial charge on any atom is -0.334 e. The lowest BCUT2D eigenvalue weighted by atomic mass is 10.0. The summed E-state index contributed by atoms with van der Waals surface area (Å²) in [6.45, 7) is 3.35. The third-order valence-corrected chi connectivity index (χ3v) is 5.00. The zero-order valence-electron chi connectivity index (χ0n) is 15.1. The number of carbonyl (C=O) groups excluding carboxylic acids is 1. The molecule has 1 fully saturated rings. The molecule has 1 aliphatic rings. The number of rotatable bonds is 5. The normalized spacial score (nSPS) is 15.9. The Morgan fingerprint density at radius 2 is 1.96 bits per heavy atom. The molecule has 1 N–H and O–H groups in total. The van der Waals surface area contributed by atoms with Gasteiger partial charge in [0.15, 0.2) is 0 Å². The molecule has 2 aromatic rings. The van der Waals surface area contributed by atoms with E-state index in [1.54, 1.807) is 6.20 Å². The number of amides is 2. The first kappa shape index (κ1) is 17.5. The van der Waals surface area contributed by atoms with Gasteiger partial charge in [-0.2, -0.15) is 5.10 Å². The number of benzene rings is 1. The Labute approximate surface area is 149 Å². The predicted octanol–water partition coefficient (Wildman–Crippen LogP) is 2.17. The number of hydrogen-bond donors (Lipinski definition) is 1. The number of nitrogens with zero attached hydrogens (tertiary/aromatic N) is 4. The third kappa shape index (κ3) is 4.60. The largest absolute Gasteiger partial charge is 0.334 e. The summed E-state index contributed by atoms with van der Waals surface area (Å²) in [4.78, 5) is 16.7. The Hall–Kier alpha value is -2.34. The average molecular weight is 341 g/mol. The van der Waals surface area contributed by atoms with E-state index >= 15 is 0 Å². The van der Waals surface area contributed by atoms with Crippen LogP contribution in [0.3, 0.4) is 0 Å². The standard InChI is InChI=1S/C19H27N5O/c1-22-12-8-18(9-13-22)23(2)19(25)20-14-16-6-3-4-7-17(16)15-24-11-5-10-21-24/h3-7,10-11,18H,8-9,12-15H2,1-2H3,(H,20,25). The summed E-state index contributed by atoms with van der Waals surface area (Å²) in [5, 5.41) is 7.33. The fourth-order valence-corrected chi connectivity index (χ4v) is 3.30. The summed E-state index contributed by atoms with van der Waals surface area (Å²) in [5.74, 6) is 0. The number of carbonyl (C=O) groups is 1. The molecule has 134 valence electrons.